The summed E-state index contributed by atoms with van der Waals surface area (Å²) in [4.78, 5) is 18.2. The molecule has 1 aliphatic rings. The van der Waals surface area contributed by atoms with Gasteiger partial charge in [-0.25, -0.2) is 0 Å². The molecule has 1 amide bonds. The third kappa shape index (κ3) is 5.81. The van der Waals surface area contributed by atoms with Gasteiger partial charge in [0, 0.05) is 32.4 Å². The number of hydrogen-bond acceptors (Lipinski definition) is 4. The molecule has 0 spiro atoms. The van der Waals surface area contributed by atoms with Gasteiger partial charge in [0.05, 0.1) is 6.10 Å². The highest BCUT2D eigenvalue weighted by Crippen LogP contribution is 2.18. The van der Waals surface area contributed by atoms with Gasteiger partial charge in [0.15, 0.2) is 0 Å². The molecule has 132 valence electrons. The summed E-state index contributed by atoms with van der Waals surface area (Å²) in [6.07, 6.45) is 6.40. The third-order valence-corrected chi connectivity index (χ3v) is 4.03. The molecule has 0 fully saturated rings. The molecular formula is C20H25N3O2. The van der Waals surface area contributed by atoms with E-state index in [9.17, 15) is 9.90 Å². The summed E-state index contributed by atoms with van der Waals surface area (Å²) in [6.45, 7) is 9.49. The summed E-state index contributed by atoms with van der Waals surface area (Å²) in [5.74, 6) is -0.346. The Morgan fingerprint density at radius 2 is 2.12 bits per heavy atom. The molecule has 0 aliphatic carbocycles. The normalized spacial score (nSPS) is 16.3. The van der Waals surface area contributed by atoms with E-state index in [1.54, 1.807) is 18.2 Å². The highest BCUT2D eigenvalue weighted by atomic mass is 16.3. The minimum absolute atomic E-state index is 0.176. The highest BCUT2D eigenvalue weighted by molar-refractivity contribution is 6.43. The number of aliphatic hydroxyl groups excluding tert-OH is 1. The standard InChI is InChI=1S/C20H25N3O2/c1-3-5-10-19(21-4-2)20(25)22-13-18(24)15-23-12-11-16-8-6-7-9-17(16)14-23/h3-10,18,24H,1-2,11-15H2,(H,22,25)/b10-5-,21-19+/t18-/m0/s1. The van der Waals surface area contributed by atoms with Crippen LogP contribution < -0.4 is 5.32 Å². The maximum absolute atomic E-state index is 12.1. The number of nitrogens with zero attached hydrogens (tertiary/aromatic N) is 2. The van der Waals surface area contributed by atoms with Crippen LogP contribution >= 0.6 is 0 Å². The smallest absolute Gasteiger partial charge is 0.269 e. The number of carbonyl (C=O) groups is 1. The first kappa shape index (κ1) is 18.8. The zero-order valence-corrected chi connectivity index (χ0v) is 14.4. The quantitative estimate of drug-likeness (QED) is 0.561. The van der Waals surface area contributed by atoms with E-state index < -0.39 is 6.10 Å². The van der Waals surface area contributed by atoms with E-state index in [2.05, 4.69) is 46.6 Å². The number of aliphatic hydroxyl groups is 1. The van der Waals surface area contributed by atoms with Crippen molar-refractivity contribution in [3.05, 3.63) is 73.0 Å². The minimum atomic E-state index is -0.637. The Bertz CT molecular complexity index is 679. The fourth-order valence-electron chi connectivity index (χ4n) is 2.81. The molecule has 1 aromatic rings. The number of β-amino-alcohol motifs (C(OH)–C–C–N with tert-alkyl or cyclic N) is 1. The Kier molecular flexibility index (Phi) is 7.32. The summed E-state index contributed by atoms with van der Waals surface area (Å²) in [5.41, 5.74) is 2.91. The molecule has 1 aliphatic heterocycles. The molecule has 0 aromatic heterocycles. The van der Waals surface area contributed by atoms with Gasteiger partial charge in [-0.3, -0.25) is 14.7 Å². The number of benzene rings is 1. The Labute approximate surface area is 149 Å². The Morgan fingerprint density at radius 1 is 1.36 bits per heavy atom. The lowest BCUT2D eigenvalue weighted by molar-refractivity contribution is -0.115. The number of amides is 1. The molecule has 1 atom stereocenters. The van der Waals surface area contributed by atoms with Gasteiger partial charge in [-0.2, -0.15) is 0 Å². The molecule has 2 N–H and O–H groups in total. The van der Waals surface area contributed by atoms with Gasteiger partial charge in [-0.15, -0.1) is 0 Å². The van der Waals surface area contributed by atoms with Crippen LogP contribution in [0.1, 0.15) is 11.1 Å². The average Bonchev–Trinajstić information content (AvgIpc) is 2.63. The van der Waals surface area contributed by atoms with E-state index in [0.717, 1.165) is 19.5 Å². The Balaban J connectivity index is 1.82. The second-order valence-electron chi connectivity index (χ2n) is 5.91. The van der Waals surface area contributed by atoms with Crippen LogP contribution in [0.25, 0.3) is 0 Å². The molecule has 5 heteroatoms. The molecule has 0 radical (unpaired) electrons. The summed E-state index contributed by atoms with van der Waals surface area (Å²) in [5, 5.41) is 12.9. The van der Waals surface area contributed by atoms with E-state index >= 15 is 0 Å². The number of fused-ring (bicyclic) bond motifs is 1. The summed E-state index contributed by atoms with van der Waals surface area (Å²) in [6, 6.07) is 8.37. The van der Waals surface area contributed by atoms with Crippen LogP contribution in [0.15, 0.2) is 66.8 Å². The Hall–Kier alpha value is -2.50. The SMILES string of the molecule is C=C/C=C\C(=N/C=C)C(=O)NC[C@H](O)CN1CCc2ccccc2C1. The van der Waals surface area contributed by atoms with E-state index in [1.807, 2.05) is 6.07 Å². The molecule has 0 saturated carbocycles. The second-order valence-corrected chi connectivity index (χ2v) is 5.91. The molecule has 25 heavy (non-hydrogen) atoms. The van der Waals surface area contributed by atoms with Crippen LogP contribution in [-0.2, 0) is 17.8 Å². The van der Waals surface area contributed by atoms with Gasteiger partial charge in [0.2, 0.25) is 0 Å². The van der Waals surface area contributed by atoms with Crippen molar-refractivity contribution >= 4 is 11.6 Å². The lowest BCUT2D eigenvalue weighted by atomic mass is 10.00. The van der Waals surface area contributed by atoms with Crippen LogP contribution in [0.5, 0.6) is 0 Å². The van der Waals surface area contributed by atoms with Crippen LogP contribution in [-0.4, -0.2) is 47.4 Å². The molecule has 5 nitrogen and oxygen atoms in total. The third-order valence-electron chi connectivity index (χ3n) is 4.03. The first-order valence-electron chi connectivity index (χ1n) is 8.37. The second kappa shape index (κ2) is 9.71. The van der Waals surface area contributed by atoms with Crippen molar-refractivity contribution in [2.75, 3.05) is 19.6 Å². The van der Waals surface area contributed by atoms with Crippen molar-refractivity contribution in [3.8, 4) is 0 Å². The molecule has 2 rings (SSSR count). The summed E-state index contributed by atoms with van der Waals surface area (Å²) >= 11 is 0. The monoisotopic (exact) mass is 339 g/mol. The molecular weight excluding hydrogens is 314 g/mol. The number of nitrogens with one attached hydrogen (secondary N) is 1. The van der Waals surface area contributed by atoms with E-state index in [4.69, 9.17) is 0 Å². The van der Waals surface area contributed by atoms with Crippen LogP contribution in [0, 0.1) is 0 Å². The van der Waals surface area contributed by atoms with Crippen molar-refractivity contribution in [1.82, 2.24) is 10.2 Å². The van der Waals surface area contributed by atoms with E-state index in [1.165, 1.54) is 17.3 Å². The predicted molar refractivity (Wildman–Crippen MR) is 101 cm³/mol. The number of hydrogen-bond donors (Lipinski definition) is 2. The maximum atomic E-state index is 12.1. The summed E-state index contributed by atoms with van der Waals surface area (Å²) < 4.78 is 0. The van der Waals surface area contributed by atoms with Crippen LogP contribution in [0.3, 0.4) is 0 Å². The number of aliphatic imine (C=N–C) groups is 1. The van der Waals surface area contributed by atoms with Gasteiger partial charge >= 0.3 is 0 Å². The first-order chi connectivity index (χ1) is 12.1. The van der Waals surface area contributed by atoms with E-state index in [0.29, 0.717) is 6.54 Å². The predicted octanol–water partition coefficient (Wildman–Crippen LogP) is 1.85. The molecule has 1 aromatic carbocycles. The minimum Gasteiger partial charge on any atom is -0.390 e. The first-order valence-corrected chi connectivity index (χ1v) is 8.37. The number of allylic oxidation sites excluding steroid dienone is 2. The maximum Gasteiger partial charge on any atom is 0.269 e. The van der Waals surface area contributed by atoms with Gasteiger partial charge in [-0.1, -0.05) is 49.6 Å². The average molecular weight is 339 g/mol. The lowest BCUT2D eigenvalue weighted by Crippen LogP contribution is -2.43. The van der Waals surface area contributed by atoms with Gasteiger partial charge < -0.3 is 10.4 Å². The van der Waals surface area contributed by atoms with Gasteiger partial charge in [0.25, 0.3) is 5.91 Å². The van der Waals surface area contributed by atoms with Crippen LogP contribution in [0.4, 0.5) is 0 Å². The number of rotatable bonds is 8. The van der Waals surface area contributed by atoms with Crippen molar-refractivity contribution in [2.45, 2.75) is 19.1 Å². The number of carbonyl (C=O) groups excluding carboxylic acids is 1. The fourth-order valence-corrected chi connectivity index (χ4v) is 2.81. The van der Waals surface area contributed by atoms with E-state index in [-0.39, 0.29) is 18.2 Å². The lowest BCUT2D eigenvalue weighted by Gasteiger charge is -2.30. The largest absolute Gasteiger partial charge is 0.390 e. The van der Waals surface area contributed by atoms with Crippen molar-refractivity contribution in [1.29, 1.82) is 0 Å². The highest BCUT2D eigenvalue weighted by Gasteiger charge is 2.19. The zero-order chi connectivity index (χ0) is 18.1. The molecule has 0 saturated heterocycles. The fraction of sp³-hybridized carbons (Fsp3) is 0.300. The Morgan fingerprint density at radius 3 is 2.84 bits per heavy atom. The zero-order valence-electron chi connectivity index (χ0n) is 14.4. The molecule has 0 bridgehead atoms. The van der Waals surface area contributed by atoms with Crippen molar-refractivity contribution in [3.63, 3.8) is 0 Å². The van der Waals surface area contributed by atoms with Crippen LogP contribution in [0.2, 0.25) is 0 Å². The van der Waals surface area contributed by atoms with Gasteiger partial charge in [-0.05, 0) is 23.6 Å². The molecule has 1 heterocycles. The van der Waals surface area contributed by atoms with Crippen molar-refractivity contribution < 1.29 is 9.90 Å². The summed E-state index contributed by atoms with van der Waals surface area (Å²) in [7, 11) is 0. The topological polar surface area (TPSA) is 64.9 Å². The molecule has 0 unspecified atom stereocenters. The van der Waals surface area contributed by atoms with Crippen molar-refractivity contribution in [2.24, 2.45) is 4.99 Å². The van der Waals surface area contributed by atoms with Gasteiger partial charge in [0.1, 0.15) is 5.71 Å².